The lowest BCUT2D eigenvalue weighted by atomic mass is 9.85. The van der Waals surface area contributed by atoms with Gasteiger partial charge >= 0.3 is 0 Å². The van der Waals surface area contributed by atoms with Crippen molar-refractivity contribution in [3.05, 3.63) is 125 Å². The molecule has 1 aliphatic rings. The van der Waals surface area contributed by atoms with Gasteiger partial charge in [0.25, 0.3) is 5.91 Å². The number of hydrogen-bond acceptors (Lipinski definition) is 3. The average molecular weight is 522 g/mol. The van der Waals surface area contributed by atoms with Gasteiger partial charge in [0.2, 0.25) is 0 Å². The zero-order valence-electron chi connectivity index (χ0n) is 22.1. The van der Waals surface area contributed by atoms with Gasteiger partial charge < -0.3 is 15.3 Å². The van der Waals surface area contributed by atoms with Crippen molar-refractivity contribution in [3.8, 4) is 11.1 Å². The minimum Gasteiger partial charge on any atom is -0.391 e. The van der Waals surface area contributed by atoms with E-state index in [1.54, 1.807) is 12.1 Å². The number of amidine groups is 1. The van der Waals surface area contributed by atoms with E-state index in [4.69, 9.17) is 4.99 Å². The van der Waals surface area contributed by atoms with Crippen molar-refractivity contribution in [3.63, 3.8) is 0 Å². The maximum atomic E-state index is 13.2. The first-order valence-electron chi connectivity index (χ1n) is 13.2. The number of aliphatic hydroxyl groups is 1. The molecule has 4 aromatic carbocycles. The highest BCUT2D eigenvalue weighted by Crippen LogP contribution is 2.33. The molecule has 4 aromatic rings. The molecular weight excluding hydrogens is 489 g/mol. The number of hydrogen-bond donors (Lipinski definition) is 2. The van der Waals surface area contributed by atoms with E-state index >= 15 is 0 Å². The van der Waals surface area contributed by atoms with E-state index in [1.165, 1.54) is 12.1 Å². The Hall–Kier alpha value is -4.29. The van der Waals surface area contributed by atoms with Gasteiger partial charge in [0.1, 0.15) is 11.7 Å². The SMILES string of the molecule is CC(=Nc1ccc2c(c1)[C@@H](NC(=O)c1ccc(-c3ccccc3)cc1)[C@H](O)CC2)N(C)Cc1ccc(F)cc1. The van der Waals surface area contributed by atoms with Crippen LogP contribution in [0.5, 0.6) is 0 Å². The summed E-state index contributed by atoms with van der Waals surface area (Å²) >= 11 is 0. The van der Waals surface area contributed by atoms with Gasteiger partial charge in [-0.3, -0.25) is 4.79 Å². The molecule has 0 heterocycles. The Morgan fingerprint density at radius 2 is 1.67 bits per heavy atom. The van der Waals surface area contributed by atoms with Gasteiger partial charge in [0.15, 0.2) is 0 Å². The predicted molar refractivity (Wildman–Crippen MR) is 153 cm³/mol. The van der Waals surface area contributed by atoms with E-state index < -0.39 is 12.1 Å². The van der Waals surface area contributed by atoms with Gasteiger partial charge in [0, 0.05) is 19.2 Å². The Bertz CT molecular complexity index is 1470. The Morgan fingerprint density at radius 1 is 0.974 bits per heavy atom. The van der Waals surface area contributed by atoms with E-state index in [0.29, 0.717) is 18.5 Å². The number of aryl methyl sites for hydroxylation is 1. The number of carbonyl (C=O) groups excluding carboxylic acids is 1. The van der Waals surface area contributed by atoms with Crippen LogP contribution in [0.25, 0.3) is 11.1 Å². The molecule has 0 saturated heterocycles. The van der Waals surface area contributed by atoms with Gasteiger partial charge in [0.05, 0.1) is 17.8 Å². The fraction of sp³-hybridized carbons (Fsp3) is 0.212. The van der Waals surface area contributed by atoms with Crippen LogP contribution < -0.4 is 5.32 Å². The molecule has 0 fully saturated rings. The Labute approximate surface area is 228 Å². The number of carbonyl (C=O) groups is 1. The molecule has 198 valence electrons. The number of amides is 1. The quantitative estimate of drug-likeness (QED) is 0.226. The zero-order chi connectivity index (χ0) is 27.4. The van der Waals surface area contributed by atoms with E-state index in [9.17, 15) is 14.3 Å². The molecule has 0 aliphatic heterocycles. The second-order valence-corrected chi connectivity index (χ2v) is 10.0. The summed E-state index contributed by atoms with van der Waals surface area (Å²) in [5.41, 5.74) is 6.39. The molecular formula is C33H32FN3O2. The number of benzene rings is 4. The molecule has 0 saturated carbocycles. The molecule has 0 bridgehead atoms. The highest BCUT2D eigenvalue weighted by Gasteiger charge is 2.30. The molecule has 39 heavy (non-hydrogen) atoms. The molecule has 2 N–H and O–H groups in total. The minimum atomic E-state index is -0.688. The zero-order valence-corrected chi connectivity index (χ0v) is 22.1. The first-order valence-corrected chi connectivity index (χ1v) is 13.2. The molecule has 0 spiro atoms. The fourth-order valence-electron chi connectivity index (χ4n) is 4.94. The van der Waals surface area contributed by atoms with Gasteiger partial charge in [-0.1, -0.05) is 60.7 Å². The smallest absolute Gasteiger partial charge is 0.251 e. The monoisotopic (exact) mass is 521 g/mol. The fourth-order valence-corrected chi connectivity index (χ4v) is 4.94. The van der Waals surface area contributed by atoms with Crippen LogP contribution in [0.3, 0.4) is 0 Å². The third-order valence-corrected chi connectivity index (χ3v) is 7.28. The number of aliphatic hydroxyl groups excluding tert-OH is 1. The summed E-state index contributed by atoms with van der Waals surface area (Å²) in [4.78, 5) is 20.0. The van der Waals surface area contributed by atoms with Crippen LogP contribution in [-0.2, 0) is 13.0 Å². The molecule has 1 aliphatic carbocycles. The molecule has 5 rings (SSSR count). The van der Waals surface area contributed by atoms with Crippen molar-refractivity contribution < 1.29 is 14.3 Å². The van der Waals surface area contributed by atoms with E-state index in [2.05, 4.69) is 5.32 Å². The number of aliphatic imine (C=N–C) groups is 1. The van der Waals surface area contributed by atoms with Crippen molar-refractivity contribution in [2.75, 3.05) is 7.05 Å². The van der Waals surface area contributed by atoms with Gasteiger partial charge in [-0.2, -0.15) is 0 Å². The Kier molecular flexibility index (Phi) is 7.84. The maximum Gasteiger partial charge on any atom is 0.251 e. The van der Waals surface area contributed by atoms with Gasteiger partial charge in [-0.15, -0.1) is 0 Å². The summed E-state index contributed by atoms with van der Waals surface area (Å²) in [5, 5.41) is 13.9. The predicted octanol–water partition coefficient (Wildman–Crippen LogP) is 6.45. The van der Waals surface area contributed by atoms with E-state index in [0.717, 1.165) is 45.8 Å². The molecule has 2 atom stereocenters. The third-order valence-electron chi connectivity index (χ3n) is 7.28. The number of halogens is 1. The van der Waals surface area contributed by atoms with E-state index in [-0.39, 0.29) is 11.7 Å². The van der Waals surface area contributed by atoms with Gasteiger partial charge in [-0.25, -0.2) is 9.38 Å². The van der Waals surface area contributed by atoms with Crippen molar-refractivity contribution in [1.82, 2.24) is 10.2 Å². The molecule has 0 radical (unpaired) electrons. The van der Waals surface area contributed by atoms with Crippen LogP contribution in [0.1, 0.15) is 46.4 Å². The standard InChI is InChI=1S/C33H32FN3O2/c1-22(37(2)21-23-8-16-28(34)17-9-23)35-29-18-14-26-15-19-31(38)32(30(26)20-29)36-33(39)27-12-10-25(11-13-27)24-6-4-3-5-7-24/h3-14,16-18,20,31-32,38H,15,19,21H2,1-2H3,(H,36,39)/t31-,32-/m1/s1. The van der Waals surface area contributed by atoms with Gasteiger partial charge in [-0.05, 0) is 84.0 Å². The highest BCUT2D eigenvalue weighted by molar-refractivity contribution is 5.95. The number of nitrogens with zero attached hydrogens (tertiary/aromatic N) is 2. The summed E-state index contributed by atoms with van der Waals surface area (Å²) < 4.78 is 13.2. The molecule has 5 nitrogen and oxygen atoms in total. The van der Waals surface area contributed by atoms with Crippen molar-refractivity contribution in [2.45, 2.75) is 38.5 Å². The summed E-state index contributed by atoms with van der Waals surface area (Å²) in [6.45, 7) is 2.52. The lowest BCUT2D eigenvalue weighted by Gasteiger charge is -2.31. The second kappa shape index (κ2) is 11.6. The van der Waals surface area contributed by atoms with Crippen LogP contribution in [0.15, 0.2) is 102 Å². The van der Waals surface area contributed by atoms with Crippen molar-refractivity contribution in [1.29, 1.82) is 0 Å². The lowest BCUT2D eigenvalue weighted by molar-refractivity contribution is 0.0792. The number of nitrogens with one attached hydrogen (secondary N) is 1. The van der Waals surface area contributed by atoms with Crippen LogP contribution >= 0.6 is 0 Å². The first-order chi connectivity index (χ1) is 18.9. The number of rotatable bonds is 6. The third kappa shape index (κ3) is 6.24. The summed E-state index contributed by atoms with van der Waals surface area (Å²) in [5.74, 6) is 0.319. The molecule has 6 heteroatoms. The first kappa shape index (κ1) is 26.3. The van der Waals surface area contributed by atoms with Crippen LogP contribution in [0, 0.1) is 5.82 Å². The van der Waals surface area contributed by atoms with Crippen LogP contribution in [0.4, 0.5) is 10.1 Å². The average Bonchev–Trinajstić information content (AvgIpc) is 2.96. The van der Waals surface area contributed by atoms with Crippen LogP contribution in [0.2, 0.25) is 0 Å². The van der Waals surface area contributed by atoms with Crippen LogP contribution in [-0.4, -0.2) is 34.9 Å². The molecule has 1 amide bonds. The summed E-state index contributed by atoms with van der Waals surface area (Å²) in [6.07, 6.45) is 0.626. The Morgan fingerprint density at radius 3 is 2.38 bits per heavy atom. The number of fused-ring (bicyclic) bond motifs is 1. The largest absolute Gasteiger partial charge is 0.391 e. The molecule has 0 aromatic heterocycles. The molecule has 0 unspecified atom stereocenters. The maximum absolute atomic E-state index is 13.2. The van der Waals surface area contributed by atoms with E-state index in [1.807, 2.05) is 91.7 Å². The van der Waals surface area contributed by atoms with Crippen molar-refractivity contribution >= 4 is 17.4 Å². The lowest BCUT2D eigenvalue weighted by Crippen LogP contribution is -2.39. The summed E-state index contributed by atoms with van der Waals surface area (Å²) in [6, 6.07) is 29.4. The highest BCUT2D eigenvalue weighted by atomic mass is 19.1. The second-order valence-electron chi connectivity index (χ2n) is 10.0. The van der Waals surface area contributed by atoms with Crippen molar-refractivity contribution in [2.24, 2.45) is 4.99 Å². The normalized spacial score (nSPS) is 16.9. The minimum absolute atomic E-state index is 0.226. The summed E-state index contributed by atoms with van der Waals surface area (Å²) in [7, 11) is 1.94. The topological polar surface area (TPSA) is 64.9 Å². The Balaban J connectivity index is 1.32.